The fourth-order valence-corrected chi connectivity index (χ4v) is 4.43. The number of phosphoric acid groups is 1. The lowest BCUT2D eigenvalue weighted by Gasteiger charge is -2.32. The summed E-state index contributed by atoms with van der Waals surface area (Å²) in [6, 6.07) is 1.24. The van der Waals surface area contributed by atoms with E-state index in [0.717, 1.165) is 0 Å². The van der Waals surface area contributed by atoms with E-state index in [-0.39, 0.29) is 18.6 Å². The first-order chi connectivity index (χ1) is 10.8. The maximum atomic E-state index is 12.4. The molecule has 1 N–H and O–H groups in total. The van der Waals surface area contributed by atoms with Gasteiger partial charge in [0.05, 0.1) is 12.7 Å². The number of fused-ring (bicyclic) bond motifs is 1. The predicted octanol–water partition coefficient (Wildman–Crippen LogP) is 1.02. The molecule has 0 radical (unpaired) electrons. The van der Waals surface area contributed by atoms with Crippen LogP contribution < -0.4 is 11.2 Å². The molecule has 1 aromatic rings. The van der Waals surface area contributed by atoms with E-state index in [9.17, 15) is 14.2 Å². The lowest BCUT2D eigenvalue weighted by molar-refractivity contribution is -0.0748. The Bertz CT molecular complexity index is 742. The fraction of sp³-hybridized carbons (Fsp3) is 0.692. The summed E-state index contributed by atoms with van der Waals surface area (Å²) in [5.41, 5.74) is -1.06. The zero-order valence-electron chi connectivity index (χ0n) is 13.0. The molecule has 0 aliphatic carbocycles. The Labute approximate surface area is 132 Å². The first-order valence-electron chi connectivity index (χ1n) is 7.37. The van der Waals surface area contributed by atoms with Crippen LogP contribution in [0.15, 0.2) is 21.9 Å². The van der Waals surface area contributed by atoms with Gasteiger partial charge in [0.25, 0.3) is 5.56 Å². The first kappa shape index (κ1) is 16.6. The summed E-state index contributed by atoms with van der Waals surface area (Å²) in [7, 11) is -3.64. The maximum Gasteiger partial charge on any atom is 0.475 e. The average molecular weight is 346 g/mol. The zero-order valence-corrected chi connectivity index (χ0v) is 13.9. The van der Waals surface area contributed by atoms with Crippen molar-refractivity contribution in [2.75, 3.05) is 6.61 Å². The van der Waals surface area contributed by atoms with Crippen LogP contribution in [-0.4, -0.2) is 34.5 Å². The molecule has 4 unspecified atom stereocenters. The third-order valence-corrected chi connectivity index (χ3v) is 5.41. The molecule has 1 aromatic heterocycles. The van der Waals surface area contributed by atoms with Crippen molar-refractivity contribution in [3.8, 4) is 0 Å². The van der Waals surface area contributed by atoms with Crippen LogP contribution in [-0.2, 0) is 22.9 Å². The molecular weight excluding hydrogens is 327 g/mol. The fourth-order valence-electron chi connectivity index (χ4n) is 2.78. The number of rotatable bonds is 3. The normalized spacial score (nSPS) is 37.0. The van der Waals surface area contributed by atoms with E-state index in [0.29, 0.717) is 0 Å². The molecule has 2 saturated heterocycles. The maximum absolute atomic E-state index is 12.4. The van der Waals surface area contributed by atoms with Crippen molar-refractivity contribution in [3.63, 3.8) is 0 Å². The molecule has 0 aromatic carbocycles. The summed E-state index contributed by atoms with van der Waals surface area (Å²) in [6.07, 6.45) is -0.593. The molecule has 3 heterocycles. The van der Waals surface area contributed by atoms with Crippen LogP contribution >= 0.6 is 7.82 Å². The van der Waals surface area contributed by atoms with E-state index in [1.54, 1.807) is 13.8 Å². The highest BCUT2D eigenvalue weighted by Crippen LogP contribution is 2.58. The van der Waals surface area contributed by atoms with Gasteiger partial charge in [0, 0.05) is 18.2 Å². The number of ether oxygens (including phenoxy) is 1. The van der Waals surface area contributed by atoms with E-state index in [4.69, 9.17) is 18.3 Å². The van der Waals surface area contributed by atoms with Gasteiger partial charge in [-0.3, -0.25) is 27.9 Å². The van der Waals surface area contributed by atoms with Crippen molar-refractivity contribution in [2.24, 2.45) is 5.92 Å². The Balaban J connectivity index is 1.83. The SMILES string of the molecule is CC(C)OP1(=O)OCC2OC(n3ccc(=O)[nH]c3=O)C(C)[C@@H]2O1. The molecule has 9 nitrogen and oxygen atoms in total. The van der Waals surface area contributed by atoms with Crippen LogP contribution in [0.4, 0.5) is 0 Å². The minimum Gasteiger partial charge on any atom is -0.349 e. The quantitative estimate of drug-likeness (QED) is 0.814. The summed E-state index contributed by atoms with van der Waals surface area (Å²) in [4.78, 5) is 25.3. The minimum atomic E-state index is -3.64. The molecule has 2 aliphatic heterocycles. The molecular formula is C13H19N2O7P. The number of hydrogen-bond donors (Lipinski definition) is 1. The van der Waals surface area contributed by atoms with Gasteiger partial charge in [-0.05, 0) is 13.8 Å². The van der Waals surface area contributed by atoms with E-state index >= 15 is 0 Å². The van der Waals surface area contributed by atoms with Gasteiger partial charge >= 0.3 is 13.5 Å². The van der Waals surface area contributed by atoms with Gasteiger partial charge in [0.2, 0.25) is 0 Å². The molecule has 3 rings (SSSR count). The average Bonchev–Trinajstić information content (AvgIpc) is 2.75. The summed E-state index contributed by atoms with van der Waals surface area (Å²) < 4.78 is 35.5. The topological polar surface area (TPSA) is 109 Å². The molecule has 0 spiro atoms. The number of aromatic amines is 1. The highest BCUT2D eigenvalue weighted by Gasteiger charge is 2.52. The second-order valence-corrected chi connectivity index (χ2v) is 7.48. The Morgan fingerprint density at radius 3 is 2.83 bits per heavy atom. The molecule has 128 valence electrons. The second kappa shape index (κ2) is 5.99. The Morgan fingerprint density at radius 1 is 1.43 bits per heavy atom. The standard InChI is InChI=1S/C13H19N2O7P/c1-7(2)21-23(18)19-6-9-11(22-23)8(3)12(20-9)15-5-4-10(16)14-13(15)17/h4-5,7-9,11-12H,6H2,1-3H3,(H,14,16,17)/t8?,9?,11-,12?,23?/m0/s1. The van der Waals surface area contributed by atoms with Gasteiger partial charge < -0.3 is 4.74 Å². The van der Waals surface area contributed by atoms with Crippen molar-refractivity contribution in [1.29, 1.82) is 0 Å². The van der Waals surface area contributed by atoms with Crippen molar-refractivity contribution >= 4 is 7.82 Å². The number of phosphoric ester groups is 1. The van der Waals surface area contributed by atoms with Crippen LogP contribution in [0.3, 0.4) is 0 Å². The van der Waals surface area contributed by atoms with Crippen LogP contribution in [0.1, 0.15) is 27.0 Å². The first-order valence-corrected chi connectivity index (χ1v) is 8.83. The van der Waals surface area contributed by atoms with Gasteiger partial charge in [0.15, 0.2) is 0 Å². The third-order valence-electron chi connectivity index (χ3n) is 3.76. The number of aromatic nitrogens is 2. The van der Waals surface area contributed by atoms with Crippen molar-refractivity contribution in [3.05, 3.63) is 33.1 Å². The minimum absolute atomic E-state index is 0.0492. The highest BCUT2D eigenvalue weighted by molar-refractivity contribution is 7.48. The number of hydrogen-bond acceptors (Lipinski definition) is 7. The molecule has 23 heavy (non-hydrogen) atoms. The van der Waals surface area contributed by atoms with Crippen molar-refractivity contribution in [1.82, 2.24) is 9.55 Å². The van der Waals surface area contributed by atoms with Gasteiger partial charge in [0.1, 0.15) is 18.4 Å². The summed E-state index contributed by atoms with van der Waals surface area (Å²) in [5, 5.41) is 0. The monoisotopic (exact) mass is 346 g/mol. The van der Waals surface area contributed by atoms with Crippen LogP contribution in [0.25, 0.3) is 0 Å². The number of nitrogens with one attached hydrogen (secondary N) is 1. The summed E-state index contributed by atoms with van der Waals surface area (Å²) in [5.74, 6) is -0.281. The molecule has 0 bridgehead atoms. The molecule has 5 atom stereocenters. The lowest BCUT2D eigenvalue weighted by atomic mass is 10.0. The lowest BCUT2D eigenvalue weighted by Crippen LogP contribution is -2.37. The van der Waals surface area contributed by atoms with Gasteiger partial charge in [-0.25, -0.2) is 9.36 Å². The smallest absolute Gasteiger partial charge is 0.349 e. The number of nitrogens with zero attached hydrogens (tertiary/aromatic N) is 1. The van der Waals surface area contributed by atoms with Gasteiger partial charge in [-0.2, -0.15) is 0 Å². The Morgan fingerprint density at radius 2 is 2.17 bits per heavy atom. The predicted molar refractivity (Wildman–Crippen MR) is 79.0 cm³/mol. The number of H-pyrrole nitrogens is 1. The molecule has 10 heteroatoms. The molecule has 0 saturated carbocycles. The van der Waals surface area contributed by atoms with Crippen molar-refractivity contribution < 1.29 is 22.9 Å². The van der Waals surface area contributed by atoms with E-state index in [1.807, 2.05) is 6.92 Å². The Kier molecular flexibility index (Phi) is 4.33. The third kappa shape index (κ3) is 3.20. The van der Waals surface area contributed by atoms with Gasteiger partial charge in [-0.1, -0.05) is 6.92 Å². The van der Waals surface area contributed by atoms with E-state index in [2.05, 4.69) is 4.98 Å². The second-order valence-electron chi connectivity index (χ2n) is 5.91. The van der Waals surface area contributed by atoms with Crippen LogP contribution in [0, 0.1) is 5.92 Å². The molecule has 0 amide bonds. The zero-order chi connectivity index (χ0) is 16.8. The molecule has 2 aliphatic rings. The van der Waals surface area contributed by atoms with E-state index in [1.165, 1.54) is 16.8 Å². The highest BCUT2D eigenvalue weighted by atomic mass is 31.2. The largest absolute Gasteiger partial charge is 0.475 e. The van der Waals surface area contributed by atoms with Crippen LogP contribution in [0.2, 0.25) is 0 Å². The summed E-state index contributed by atoms with van der Waals surface area (Å²) in [6.45, 7) is 5.33. The van der Waals surface area contributed by atoms with Gasteiger partial charge in [-0.15, -0.1) is 0 Å². The Hall–Kier alpha value is -1.25. The van der Waals surface area contributed by atoms with E-state index < -0.39 is 37.5 Å². The van der Waals surface area contributed by atoms with Crippen molar-refractivity contribution in [2.45, 2.75) is 45.3 Å². The summed E-state index contributed by atoms with van der Waals surface area (Å²) >= 11 is 0. The van der Waals surface area contributed by atoms with Crippen LogP contribution in [0.5, 0.6) is 0 Å². The molecule has 2 fully saturated rings.